The highest BCUT2D eigenvalue weighted by molar-refractivity contribution is 9.10. The van der Waals surface area contributed by atoms with E-state index in [9.17, 15) is 4.79 Å². The van der Waals surface area contributed by atoms with Crippen LogP contribution in [-0.4, -0.2) is 12.0 Å². The van der Waals surface area contributed by atoms with Crippen molar-refractivity contribution >= 4 is 33.4 Å². The summed E-state index contributed by atoms with van der Waals surface area (Å²) in [5.74, 6) is 5.12. The van der Waals surface area contributed by atoms with Crippen LogP contribution in [0.3, 0.4) is 0 Å². The van der Waals surface area contributed by atoms with Crippen LogP contribution in [0.5, 0.6) is 5.75 Å². The van der Waals surface area contributed by atoms with Crippen molar-refractivity contribution in [2.45, 2.75) is 13.0 Å². The van der Waals surface area contributed by atoms with Crippen LogP contribution in [0.1, 0.15) is 6.92 Å². The van der Waals surface area contributed by atoms with Crippen LogP contribution in [0, 0.1) is 0 Å². The summed E-state index contributed by atoms with van der Waals surface area (Å²) in [5.41, 5.74) is 2.01. The Kier molecular flexibility index (Phi) is 4.38. The molecule has 0 saturated carbocycles. The number of hydrazine groups is 1. The summed E-state index contributed by atoms with van der Waals surface area (Å²) in [4.78, 5) is 11.1. The largest absolute Gasteiger partial charge is 0.480 e. The third-order valence-electron chi connectivity index (χ3n) is 1.71. The van der Waals surface area contributed by atoms with Gasteiger partial charge in [0, 0.05) is 5.02 Å². The number of hydrogen-bond donors (Lipinski definition) is 2. The van der Waals surface area contributed by atoms with Crippen molar-refractivity contribution in [2.24, 2.45) is 5.84 Å². The zero-order valence-corrected chi connectivity index (χ0v) is 10.3. The standard InChI is InChI=1S/C9H10BrClN2O2/c1-5(9(14)13-12)15-8-3-2-6(11)4-7(8)10/h2-5H,12H2,1H3,(H,13,14). The minimum absolute atomic E-state index is 0.392. The Morgan fingerprint density at radius 1 is 1.67 bits per heavy atom. The molecule has 6 heteroatoms. The first-order chi connectivity index (χ1) is 7.04. The van der Waals surface area contributed by atoms with Gasteiger partial charge in [-0.25, -0.2) is 5.84 Å². The van der Waals surface area contributed by atoms with Crippen molar-refractivity contribution in [1.29, 1.82) is 0 Å². The maximum Gasteiger partial charge on any atom is 0.274 e. The maximum absolute atomic E-state index is 11.1. The molecule has 15 heavy (non-hydrogen) atoms. The highest BCUT2D eigenvalue weighted by atomic mass is 79.9. The predicted molar refractivity (Wildman–Crippen MR) is 61.6 cm³/mol. The molecule has 0 bridgehead atoms. The van der Waals surface area contributed by atoms with Crippen molar-refractivity contribution < 1.29 is 9.53 Å². The fourth-order valence-corrected chi connectivity index (χ4v) is 1.71. The lowest BCUT2D eigenvalue weighted by molar-refractivity contribution is -0.127. The first-order valence-corrected chi connectivity index (χ1v) is 5.34. The fourth-order valence-electron chi connectivity index (χ4n) is 0.932. The van der Waals surface area contributed by atoms with Crippen LogP contribution in [0.15, 0.2) is 22.7 Å². The first-order valence-electron chi connectivity index (χ1n) is 4.16. The van der Waals surface area contributed by atoms with Gasteiger partial charge in [0.15, 0.2) is 6.10 Å². The molecule has 0 aliphatic rings. The van der Waals surface area contributed by atoms with Crippen molar-refractivity contribution in [1.82, 2.24) is 5.43 Å². The van der Waals surface area contributed by atoms with E-state index in [4.69, 9.17) is 22.2 Å². The number of ether oxygens (including phenoxy) is 1. The van der Waals surface area contributed by atoms with Crippen LogP contribution >= 0.6 is 27.5 Å². The third-order valence-corrected chi connectivity index (χ3v) is 2.56. The van der Waals surface area contributed by atoms with E-state index in [2.05, 4.69) is 15.9 Å². The van der Waals surface area contributed by atoms with Crippen LogP contribution in [0.4, 0.5) is 0 Å². The van der Waals surface area contributed by atoms with Gasteiger partial charge in [0.2, 0.25) is 0 Å². The SMILES string of the molecule is CC(Oc1ccc(Cl)cc1Br)C(=O)NN. The van der Waals surface area contributed by atoms with Gasteiger partial charge in [0.1, 0.15) is 5.75 Å². The van der Waals surface area contributed by atoms with Crippen molar-refractivity contribution in [3.63, 3.8) is 0 Å². The van der Waals surface area contributed by atoms with Crippen molar-refractivity contribution in [2.75, 3.05) is 0 Å². The summed E-state index contributed by atoms with van der Waals surface area (Å²) in [5, 5.41) is 0.588. The average Bonchev–Trinajstić information content (AvgIpc) is 2.20. The molecule has 1 aromatic rings. The molecule has 1 atom stereocenters. The number of nitrogens with one attached hydrogen (secondary N) is 1. The molecule has 3 N–H and O–H groups in total. The van der Waals surface area contributed by atoms with Gasteiger partial charge in [-0.2, -0.15) is 0 Å². The number of nitrogens with two attached hydrogens (primary N) is 1. The van der Waals surface area contributed by atoms with E-state index in [0.717, 1.165) is 0 Å². The van der Waals surface area contributed by atoms with Crippen LogP contribution in [0.25, 0.3) is 0 Å². The second kappa shape index (κ2) is 5.34. The summed E-state index contributed by atoms with van der Waals surface area (Å²) < 4.78 is 6.04. The average molecular weight is 294 g/mol. The lowest BCUT2D eigenvalue weighted by Gasteiger charge is -2.14. The summed E-state index contributed by atoms with van der Waals surface area (Å²) in [6.45, 7) is 1.60. The topological polar surface area (TPSA) is 64.3 Å². The minimum Gasteiger partial charge on any atom is -0.480 e. The molecule has 0 radical (unpaired) electrons. The molecule has 1 rings (SSSR count). The highest BCUT2D eigenvalue weighted by Gasteiger charge is 2.14. The van der Waals surface area contributed by atoms with E-state index in [-0.39, 0.29) is 0 Å². The molecule has 1 unspecified atom stereocenters. The molecular formula is C9H10BrClN2O2. The van der Waals surface area contributed by atoms with Gasteiger partial charge >= 0.3 is 0 Å². The van der Waals surface area contributed by atoms with E-state index in [1.807, 2.05) is 5.43 Å². The van der Waals surface area contributed by atoms with Gasteiger partial charge in [-0.05, 0) is 41.1 Å². The lowest BCUT2D eigenvalue weighted by Crippen LogP contribution is -2.40. The van der Waals surface area contributed by atoms with Gasteiger partial charge in [-0.1, -0.05) is 11.6 Å². The Bertz CT molecular complexity index is 373. The van der Waals surface area contributed by atoms with Crippen LogP contribution in [-0.2, 0) is 4.79 Å². The van der Waals surface area contributed by atoms with Crippen LogP contribution < -0.4 is 16.0 Å². The second-order valence-electron chi connectivity index (χ2n) is 2.84. The van der Waals surface area contributed by atoms with Gasteiger partial charge in [0.25, 0.3) is 5.91 Å². The van der Waals surface area contributed by atoms with Crippen molar-refractivity contribution in [3.8, 4) is 5.75 Å². The Labute approximate surface area is 101 Å². The van der Waals surface area contributed by atoms with E-state index in [1.165, 1.54) is 0 Å². The summed E-state index contributed by atoms with van der Waals surface area (Å²) in [6, 6.07) is 5.03. The normalized spacial score (nSPS) is 12.0. The van der Waals surface area contributed by atoms with Crippen LogP contribution in [0.2, 0.25) is 5.02 Å². The molecule has 4 nitrogen and oxygen atoms in total. The molecular weight excluding hydrogens is 283 g/mol. The third kappa shape index (κ3) is 3.37. The summed E-state index contributed by atoms with van der Waals surface area (Å²) in [7, 11) is 0. The van der Waals surface area contributed by atoms with E-state index < -0.39 is 12.0 Å². The molecule has 0 aromatic heterocycles. The molecule has 0 aliphatic heterocycles. The molecule has 82 valence electrons. The first kappa shape index (κ1) is 12.3. The number of benzene rings is 1. The fraction of sp³-hybridized carbons (Fsp3) is 0.222. The smallest absolute Gasteiger partial charge is 0.274 e. The quantitative estimate of drug-likeness (QED) is 0.508. The number of carbonyl (C=O) groups is 1. The predicted octanol–water partition coefficient (Wildman–Crippen LogP) is 1.86. The molecule has 1 amide bonds. The summed E-state index contributed by atoms with van der Waals surface area (Å²) in [6.07, 6.45) is -0.660. The van der Waals surface area contributed by atoms with E-state index >= 15 is 0 Å². The van der Waals surface area contributed by atoms with E-state index in [1.54, 1.807) is 25.1 Å². The molecule has 0 saturated heterocycles. The monoisotopic (exact) mass is 292 g/mol. The molecule has 0 spiro atoms. The number of amides is 1. The van der Waals surface area contributed by atoms with Gasteiger partial charge in [-0.15, -0.1) is 0 Å². The zero-order valence-electron chi connectivity index (χ0n) is 7.96. The van der Waals surface area contributed by atoms with E-state index in [0.29, 0.717) is 15.2 Å². The Hall–Kier alpha value is -0.780. The Morgan fingerprint density at radius 2 is 2.33 bits per heavy atom. The van der Waals surface area contributed by atoms with Gasteiger partial charge in [0.05, 0.1) is 4.47 Å². The number of rotatable bonds is 3. The molecule has 0 heterocycles. The maximum atomic E-state index is 11.1. The second-order valence-corrected chi connectivity index (χ2v) is 4.13. The molecule has 0 fully saturated rings. The highest BCUT2D eigenvalue weighted by Crippen LogP contribution is 2.28. The number of carbonyl (C=O) groups excluding carboxylic acids is 1. The van der Waals surface area contributed by atoms with Crippen molar-refractivity contribution in [3.05, 3.63) is 27.7 Å². The minimum atomic E-state index is -0.660. The number of halogens is 2. The zero-order chi connectivity index (χ0) is 11.4. The van der Waals surface area contributed by atoms with Gasteiger partial charge in [-0.3, -0.25) is 10.2 Å². The Balaban J connectivity index is 2.76. The summed E-state index contributed by atoms with van der Waals surface area (Å²) >= 11 is 9.03. The Morgan fingerprint density at radius 3 is 2.87 bits per heavy atom. The number of hydrogen-bond acceptors (Lipinski definition) is 3. The lowest BCUT2D eigenvalue weighted by atomic mass is 10.3. The van der Waals surface area contributed by atoms with Gasteiger partial charge < -0.3 is 4.74 Å². The molecule has 1 aromatic carbocycles. The molecule has 0 aliphatic carbocycles.